The van der Waals surface area contributed by atoms with Crippen molar-refractivity contribution in [2.45, 2.75) is 106 Å². The van der Waals surface area contributed by atoms with Crippen molar-refractivity contribution in [2.75, 3.05) is 47.4 Å². The fourth-order valence-electron chi connectivity index (χ4n) is 7.58. The molecule has 2 fully saturated rings. The number of aromatic nitrogens is 3. The van der Waals surface area contributed by atoms with Gasteiger partial charge in [0.25, 0.3) is 0 Å². The number of carboxylic acids is 1. The Balaban J connectivity index is 1.36. The molecule has 3 aliphatic rings. The number of fused-ring (bicyclic) bond motifs is 1. The monoisotopic (exact) mass is 654 g/mol. The minimum atomic E-state index is -1.13. The summed E-state index contributed by atoms with van der Waals surface area (Å²) in [6, 6.07) is 8.91. The molecule has 6 rings (SSSR count). The van der Waals surface area contributed by atoms with Gasteiger partial charge in [0.2, 0.25) is 0 Å². The summed E-state index contributed by atoms with van der Waals surface area (Å²) in [6.45, 7) is 22.1. The van der Waals surface area contributed by atoms with E-state index >= 15 is 0 Å². The lowest BCUT2D eigenvalue weighted by atomic mass is 9.81. The fourth-order valence-corrected chi connectivity index (χ4v) is 7.58. The van der Waals surface area contributed by atoms with Crippen molar-refractivity contribution in [1.82, 2.24) is 15.0 Å². The van der Waals surface area contributed by atoms with E-state index in [2.05, 4.69) is 76.6 Å². The number of benzene rings is 1. The van der Waals surface area contributed by atoms with Crippen molar-refractivity contribution in [3.05, 3.63) is 58.7 Å². The summed E-state index contributed by atoms with van der Waals surface area (Å²) in [5, 5.41) is 10.5. The largest absolute Gasteiger partial charge is 0.479 e. The van der Waals surface area contributed by atoms with Crippen LogP contribution < -0.4 is 14.7 Å². The molecule has 0 radical (unpaired) electrons. The summed E-state index contributed by atoms with van der Waals surface area (Å²) in [4.78, 5) is 34.3. The topological polar surface area (TPSA) is 94.9 Å². The molecule has 2 saturated heterocycles. The third-order valence-corrected chi connectivity index (χ3v) is 10.5. The summed E-state index contributed by atoms with van der Waals surface area (Å²) in [5.74, 6) is 1.78. The lowest BCUT2D eigenvalue weighted by Gasteiger charge is -2.41. The quantitative estimate of drug-likeness (QED) is 0.278. The second-order valence-corrected chi connectivity index (χ2v) is 16.1. The number of carboxylic acid groups (broad SMARTS) is 1. The van der Waals surface area contributed by atoms with Gasteiger partial charge in [-0.15, -0.1) is 0 Å². The van der Waals surface area contributed by atoms with Crippen molar-refractivity contribution in [2.24, 2.45) is 11.3 Å². The molecular weight excluding hydrogens is 600 g/mol. The smallest absolute Gasteiger partial charge is 0.337 e. The molecule has 0 unspecified atom stereocenters. The standard InChI is InChI=1S/C39H54N6O3/c1-25-11-16-43(17-12-25)31-22-32(41-24-40-31)45-18-13-28-21-29(9-10-30(28)23-45)33-26(2)42-27(3)34(36(37(46)47)48-38(4,5)6)35(33)44-19-14-39(7,8)15-20-44/h9-10,21-22,24-25,36H,11-20,23H2,1-8H3,(H,46,47)/t36-/m0/s1. The van der Waals surface area contributed by atoms with Crippen LogP contribution in [-0.2, 0) is 22.5 Å². The third kappa shape index (κ3) is 7.31. The minimum Gasteiger partial charge on any atom is -0.479 e. The Labute approximate surface area is 286 Å². The summed E-state index contributed by atoms with van der Waals surface area (Å²) in [6.07, 6.45) is 5.95. The molecule has 3 aliphatic heterocycles. The average Bonchev–Trinajstić information content (AvgIpc) is 3.03. The maximum atomic E-state index is 12.9. The Morgan fingerprint density at radius 1 is 0.917 bits per heavy atom. The van der Waals surface area contributed by atoms with Gasteiger partial charge in [-0.1, -0.05) is 39.0 Å². The molecular formula is C39H54N6O3. The molecule has 2 aromatic heterocycles. The molecule has 0 amide bonds. The van der Waals surface area contributed by atoms with E-state index in [4.69, 9.17) is 9.72 Å². The third-order valence-electron chi connectivity index (χ3n) is 10.5. The second kappa shape index (κ2) is 13.3. The molecule has 1 N–H and O–H groups in total. The minimum absolute atomic E-state index is 0.247. The van der Waals surface area contributed by atoms with Crippen LogP contribution >= 0.6 is 0 Å². The Morgan fingerprint density at radius 3 is 2.23 bits per heavy atom. The molecule has 9 nitrogen and oxygen atoms in total. The van der Waals surface area contributed by atoms with Crippen molar-refractivity contribution in [3.8, 4) is 11.1 Å². The van der Waals surface area contributed by atoms with Crippen LogP contribution in [0.4, 0.5) is 17.3 Å². The van der Waals surface area contributed by atoms with Crippen LogP contribution in [-0.4, -0.2) is 64.4 Å². The van der Waals surface area contributed by atoms with E-state index in [-0.39, 0.29) is 5.41 Å². The first-order valence-corrected chi connectivity index (χ1v) is 17.8. The molecule has 1 atom stereocenters. The van der Waals surface area contributed by atoms with E-state index in [0.29, 0.717) is 11.3 Å². The van der Waals surface area contributed by atoms with E-state index in [9.17, 15) is 9.90 Å². The number of hydrogen-bond acceptors (Lipinski definition) is 8. The van der Waals surface area contributed by atoms with Crippen LogP contribution in [0.25, 0.3) is 11.1 Å². The Bertz CT molecular complexity index is 1650. The number of anilines is 3. The zero-order chi connectivity index (χ0) is 34.4. The molecule has 258 valence electrons. The Kier molecular flexibility index (Phi) is 9.46. The number of hydrogen-bond donors (Lipinski definition) is 1. The van der Waals surface area contributed by atoms with E-state index in [1.807, 2.05) is 27.7 Å². The van der Waals surface area contributed by atoms with Crippen molar-refractivity contribution < 1.29 is 14.6 Å². The highest BCUT2D eigenvalue weighted by molar-refractivity contribution is 5.88. The lowest BCUT2D eigenvalue weighted by Crippen LogP contribution is -2.39. The van der Waals surface area contributed by atoms with Gasteiger partial charge in [0, 0.05) is 67.8 Å². The molecule has 0 aliphatic carbocycles. The van der Waals surface area contributed by atoms with Crippen LogP contribution in [0.1, 0.15) is 101 Å². The van der Waals surface area contributed by atoms with E-state index in [1.165, 1.54) is 24.0 Å². The van der Waals surface area contributed by atoms with Gasteiger partial charge >= 0.3 is 5.97 Å². The van der Waals surface area contributed by atoms with Gasteiger partial charge in [0.05, 0.1) is 11.3 Å². The van der Waals surface area contributed by atoms with Gasteiger partial charge in [-0.2, -0.15) is 0 Å². The number of aliphatic carboxylic acids is 1. The van der Waals surface area contributed by atoms with Gasteiger partial charge in [0.15, 0.2) is 6.10 Å². The number of aryl methyl sites for hydroxylation is 2. The summed E-state index contributed by atoms with van der Waals surface area (Å²) < 4.78 is 6.28. The summed E-state index contributed by atoms with van der Waals surface area (Å²) in [5.41, 5.74) is 7.56. The number of rotatable bonds is 7. The van der Waals surface area contributed by atoms with Gasteiger partial charge in [-0.05, 0) is 94.7 Å². The highest BCUT2D eigenvalue weighted by Crippen LogP contribution is 2.45. The predicted molar refractivity (Wildman–Crippen MR) is 193 cm³/mol. The molecule has 1 aromatic carbocycles. The fraction of sp³-hybridized carbons (Fsp3) is 0.590. The van der Waals surface area contributed by atoms with Gasteiger partial charge in [-0.25, -0.2) is 14.8 Å². The molecule has 0 saturated carbocycles. The molecule has 3 aromatic rings. The van der Waals surface area contributed by atoms with Crippen LogP contribution in [0.5, 0.6) is 0 Å². The number of ether oxygens (including phenoxy) is 1. The van der Waals surface area contributed by atoms with E-state index in [1.54, 1.807) is 6.33 Å². The maximum Gasteiger partial charge on any atom is 0.337 e. The highest BCUT2D eigenvalue weighted by atomic mass is 16.5. The number of carbonyl (C=O) groups is 1. The predicted octanol–water partition coefficient (Wildman–Crippen LogP) is 7.52. The molecule has 0 spiro atoms. The molecule has 0 bridgehead atoms. The Hall–Kier alpha value is -3.72. The zero-order valence-corrected chi connectivity index (χ0v) is 30.3. The first-order valence-electron chi connectivity index (χ1n) is 17.8. The second-order valence-electron chi connectivity index (χ2n) is 16.1. The maximum absolute atomic E-state index is 12.9. The SMILES string of the molecule is Cc1nc(C)c([C@H](OC(C)(C)C)C(=O)O)c(N2CCC(C)(C)CC2)c1-c1ccc2c(c1)CCN(c1cc(N3CCC(C)CC3)ncn1)C2. The molecule has 48 heavy (non-hydrogen) atoms. The molecule has 9 heteroatoms. The number of piperidine rings is 2. The van der Waals surface area contributed by atoms with Crippen LogP contribution in [0.2, 0.25) is 0 Å². The first-order chi connectivity index (χ1) is 22.7. The van der Waals surface area contributed by atoms with E-state index < -0.39 is 17.7 Å². The Morgan fingerprint density at radius 2 is 1.58 bits per heavy atom. The van der Waals surface area contributed by atoms with Crippen LogP contribution in [0.15, 0.2) is 30.6 Å². The van der Waals surface area contributed by atoms with Gasteiger partial charge in [-0.3, -0.25) is 4.98 Å². The number of pyridine rings is 1. The van der Waals surface area contributed by atoms with Crippen LogP contribution in [0.3, 0.4) is 0 Å². The number of nitrogens with zero attached hydrogens (tertiary/aromatic N) is 6. The van der Waals surface area contributed by atoms with E-state index in [0.717, 1.165) is 98.6 Å². The zero-order valence-electron chi connectivity index (χ0n) is 30.3. The van der Waals surface area contributed by atoms with Crippen molar-refractivity contribution in [1.29, 1.82) is 0 Å². The average molecular weight is 655 g/mol. The van der Waals surface area contributed by atoms with Crippen molar-refractivity contribution >= 4 is 23.3 Å². The van der Waals surface area contributed by atoms with Crippen LogP contribution in [0, 0.1) is 25.2 Å². The first kappa shape index (κ1) is 34.2. The van der Waals surface area contributed by atoms with Gasteiger partial charge < -0.3 is 24.5 Å². The normalized spacial score (nSPS) is 19.3. The van der Waals surface area contributed by atoms with Crippen molar-refractivity contribution in [3.63, 3.8) is 0 Å². The molecule has 5 heterocycles. The highest BCUT2D eigenvalue weighted by Gasteiger charge is 2.37. The summed E-state index contributed by atoms with van der Waals surface area (Å²) in [7, 11) is 0. The lowest BCUT2D eigenvalue weighted by molar-refractivity contribution is -0.160. The van der Waals surface area contributed by atoms with Gasteiger partial charge in [0.1, 0.15) is 18.0 Å². The summed E-state index contributed by atoms with van der Waals surface area (Å²) >= 11 is 0.